The van der Waals surface area contributed by atoms with Crippen LogP contribution in [0.5, 0.6) is 0 Å². The second kappa shape index (κ2) is 6.37. The molecule has 2 amide bonds. The third-order valence-electron chi connectivity index (χ3n) is 3.07. The number of hydrogen-bond donors (Lipinski definition) is 2. The summed E-state index contributed by atoms with van der Waals surface area (Å²) in [5.41, 5.74) is 0.0338. The summed E-state index contributed by atoms with van der Waals surface area (Å²) in [5, 5.41) is 16.1. The highest BCUT2D eigenvalue weighted by molar-refractivity contribution is 14.1. The predicted molar refractivity (Wildman–Crippen MR) is 83.9 cm³/mol. The van der Waals surface area contributed by atoms with Gasteiger partial charge in [-0.2, -0.15) is 0 Å². The van der Waals surface area contributed by atoms with Crippen molar-refractivity contribution in [1.29, 1.82) is 0 Å². The van der Waals surface area contributed by atoms with Crippen molar-refractivity contribution in [1.82, 2.24) is 10.6 Å². The number of nitrogens with zero attached hydrogens (tertiary/aromatic N) is 1. The molecule has 1 fully saturated rings. The van der Waals surface area contributed by atoms with E-state index in [2.05, 4.69) is 10.6 Å². The van der Waals surface area contributed by atoms with E-state index in [4.69, 9.17) is 0 Å². The van der Waals surface area contributed by atoms with E-state index in [-0.39, 0.29) is 23.2 Å². The van der Waals surface area contributed by atoms with Crippen LogP contribution in [0.2, 0.25) is 0 Å². The van der Waals surface area contributed by atoms with Gasteiger partial charge in [0.25, 0.3) is 11.6 Å². The Morgan fingerprint density at radius 2 is 2.10 bits per heavy atom. The Bertz CT molecular complexity index is 601. The molecule has 2 N–H and O–H groups in total. The Morgan fingerprint density at radius 3 is 2.67 bits per heavy atom. The highest BCUT2D eigenvalue weighted by atomic mass is 127. The van der Waals surface area contributed by atoms with Gasteiger partial charge in [-0.3, -0.25) is 19.7 Å². The molecule has 1 aliphatic carbocycles. The summed E-state index contributed by atoms with van der Waals surface area (Å²) in [7, 11) is 0. The zero-order valence-electron chi connectivity index (χ0n) is 11.3. The number of rotatable bonds is 5. The molecule has 0 saturated heterocycles. The SMILES string of the molecule is CC(NC(=O)c1cc([N+](=O)[O-])ccc1I)C(=O)NC1CC1. The maximum absolute atomic E-state index is 12.1. The van der Waals surface area contributed by atoms with E-state index < -0.39 is 16.9 Å². The van der Waals surface area contributed by atoms with E-state index in [0.717, 1.165) is 12.8 Å². The van der Waals surface area contributed by atoms with Crippen LogP contribution in [-0.4, -0.2) is 28.8 Å². The van der Waals surface area contributed by atoms with Gasteiger partial charge >= 0.3 is 0 Å². The molecule has 2 rings (SSSR count). The Balaban J connectivity index is 2.06. The average molecular weight is 403 g/mol. The minimum atomic E-state index is -0.687. The first-order chi connectivity index (χ1) is 9.88. The van der Waals surface area contributed by atoms with Crippen molar-refractivity contribution in [2.45, 2.75) is 31.8 Å². The van der Waals surface area contributed by atoms with Crippen LogP contribution in [0.3, 0.4) is 0 Å². The summed E-state index contributed by atoms with van der Waals surface area (Å²) >= 11 is 1.93. The zero-order chi connectivity index (χ0) is 15.6. The monoisotopic (exact) mass is 403 g/mol. The Morgan fingerprint density at radius 1 is 1.43 bits per heavy atom. The van der Waals surface area contributed by atoms with Gasteiger partial charge in [0, 0.05) is 21.7 Å². The highest BCUT2D eigenvalue weighted by Crippen LogP contribution is 2.20. The number of hydrogen-bond acceptors (Lipinski definition) is 4. The summed E-state index contributed by atoms with van der Waals surface area (Å²) in [6.07, 6.45) is 1.93. The maximum Gasteiger partial charge on any atom is 0.270 e. The average Bonchev–Trinajstić information content (AvgIpc) is 3.22. The molecule has 1 saturated carbocycles. The van der Waals surface area contributed by atoms with Gasteiger partial charge < -0.3 is 10.6 Å². The van der Waals surface area contributed by atoms with Gasteiger partial charge in [-0.1, -0.05) is 0 Å². The minimum absolute atomic E-state index is 0.157. The number of carbonyl (C=O) groups excluding carboxylic acids is 2. The lowest BCUT2D eigenvalue weighted by molar-refractivity contribution is -0.384. The topological polar surface area (TPSA) is 101 Å². The molecular weight excluding hydrogens is 389 g/mol. The van der Waals surface area contributed by atoms with E-state index in [0.29, 0.717) is 3.57 Å². The van der Waals surface area contributed by atoms with Crippen LogP contribution in [0.4, 0.5) is 5.69 Å². The first-order valence-electron chi connectivity index (χ1n) is 6.43. The second-order valence-corrected chi connectivity index (χ2v) is 6.06. The number of nitro benzene ring substituents is 1. The molecule has 1 aromatic rings. The van der Waals surface area contributed by atoms with E-state index in [9.17, 15) is 19.7 Å². The van der Waals surface area contributed by atoms with Crippen LogP contribution in [0.15, 0.2) is 18.2 Å². The van der Waals surface area contributed by atoms with Gasteiger partial charge in [0.15, 0.2) is 0 Å². The van der Waals surface area contributed by atoms with Crippen LogP contribution in [0, 0.1) is 13.7 Å². The van der Waals surface area contributed by atoms with Gasteiger partial charge in [-0.25, -0.2) is 0 Å². The van der Waals surface area contributed by atoms with Crippen LogP contribution in [0.1, 0.15) is 30.1 Å². The number of benzene rings is 1. The Hall–Kier alpha value is -1.71. The Kier molecular flexibility index (Phi) is 4.76. The van der Waals surface area contributed by atoms with Crippen molar-refractivity contribution >= 4 is 40.1 Å². The number of non-ortho nitro benzene ring substituents is 1. The molecule has 1 aliphatic rings. The third kappa shape index (κ3) is 4.13. The lowest BCUT2D eigenvalue weighted by Gasteiger charge is -2.14. The van der Waals surface area contributed by atoms with Gasteiger partial charge in [-0.15, -0.1) is 0 Å². The molecule has 21 heavy (non-hydrogen) atoms. The molecule has 112 valence electrons. The van der Waals surface area contributed by atoms with E-state index in [1.165, 1.54) is 18.2 Å². The third-order valence-corrected chi connectivity index (χ3v) is 4.01. The smallest absolute Gasteiger partial charge is 0.270 e. The van der Waals surface area contributed by atoms with Crippen molar-refractivity contribution in [3.05, 3.63) is 37.4 Å². The predicted octanol–water partition coefficient (Wildman–Crippen LogP) is 1.60. The summed E-state index contributed by atoms with van der Waals surface area (Å²) in [5.74, 6) is -0.743. The summed E-state index contributed by atoms with van der Waals surface area (Å²) in [6, 6.07) is 3.58. The summed E-state index contributed by atoms with van der Waals surface area (Å²) in [4.78, 5) is 34.1. The standard InChI is InChI=1S/C13H14IN3O4/c1-7(12(18)16-8-2-3-8)15-13(19)10-6-9(17(20)21)4-5-11(10)14/h4-8H,2-3H2,1H3,(H,15,19)(H,16,18). The van der Waals surface area contributed by atoms with Crippen molar-refractivity contribution in [2.24, 2.45) is 0 Å². The van der Waals surface area contributed by atoms with Crippen LogP contribution < -0.4 is 10.6 Å². The largest absolute Gasteiger partial charge is 0.352 e. The molecule has 0 radical (unpaired) electrons. The molecule has 7 nitrogen and oxygen atoms in total. The maximum atomic E-state index is 12.1. The fourth-order valence-electron chi connectivity index (χ4n) is 1.69. The lowest BCUT2D eigenvalue weighted by Crippen LogP contribution is -2.45. The van der Waals surface area contributed by atoms with Crippen molar-refractivity contribution < 1.29 is 14.5 Å². The van der Waals surface area contributed by atoms with Gasteiger partial charge in [0.1, 0.15) is 6.04 Å². The number of halogens is 1. The second-order valence-electron chi connectivity index (χ2n) is 4.90. The van der Waals surface area contributed by atoms with Crippen LogP contribution in [-0.2, 0) is 4.79 Å². The molecular formula is C13H14IN3O4. The number of carbonyl (C=O) groups is 2. The molecule has 0 heterocycles. The normalized spacial score (nSPS) is 15.1. The number of nitro groups is 1. The van der Waals surface area contributed by atoms with Crippen molar-refractivity contribution in [3.8, 4) is 0 Å². The number of nitrogens with one attached hydrogen (secondary N) is 2. The first kappa shape index (κ1) is 15.7. The first-order valence-corrected chi connectivity index (χ1v) is 7.51. The number of amides is 2. The Labute approximate surface area is 134 Å². The minimum Gasteiger partial charge on any atom is -0.352 e. The van der Waals surface area contributed by atoms with Gasteiger partial charge in [0.2, 0.25) is 5.91 Å². The summed E-state index contributed by atoms with van der Waals surface area (Å²) in [6.45, 7) is 1.58. The lowest BCUT2D eigenvalue weighted by atomic mass is 10.1. The van der Waals surface area contributed by atoms with E-state index in [1.54, 1.807) is 6.92 Å². The van der Waals surface area contributed by atoms with Crippen LogP contribution >= 0.6 is 22.6 Å². The van der Waals surface area contributed by atoms with Crippen LogP contribution in [0.25, 0.3) is 0 Å². The van der Waals surface area contributed by atoms with E-state index in [1.807, 2.05) is 22.6 Å². The van der Waals surface area contributed by atoms with Gasteiger partial charge in [0.05, 0.1) is 10.5 Å². The molecule has 1 unspecified atom stereocenters. The molecule has 0 aliphatic heterocycles. The highest BCUT2D eigenvalue weighted by Gasteiger charge is 2.27. The molecule has 0 bridgehead atoms. The molecule has 1 atom stereocenters. The molecule has 0 aromatic heterocycles. The van der Waals surface area contributed by atoms with Crippen molar-refractivity contribution in [3.63, 3.8) is 0 Å². The fraction of sp³-hybridized carbons (Fsp3) is 0.385. The van der Waals surface area contributed by atoms with E-state index >= 15 is 0 Å². The van der Waals surface area contributed by atoms with Crippen molar-refractivity contribution in [2.75, 3.05) is 0 Å². The molecule has 8 heteroatoms. The fourth-order valence-corrected chi connectivity index (χ4v) is 2.28. The quantitative estimate of drug-likeness (QED) is 0.443. The molecule has 0 spiro atoms. The zero-order valence-corrected chi connectivity index (χ0v) is 13.4. The molecule has 1 aromatic carbocycles. The van der Waals surface area contributed by atoms with Gasteiger partial charge in [-0.05, 0) is 48.4 Å². The summed E-state index contributed by atoms with van der Waals surface area (Å²) < 4.78 is 0.588.